The molecule has 3 aromatic rings. The van der Waals surface area contributed by atoms with Crippen molar-refractivity contribution in [3.63, 3.8) is 0 Å². The molecule has 3 N–H and O–H groups in total. The lowest BCUT2D eigenvalue weighted by Gasteiger charge is -2.38. The zero-order chi connectivity index (χ0) is 27.0. The summed E-state index contributed by atoms with van der Waals surface area (Å²) in [5.74, 6) is 0. The van der Waals surface area contributed by atoms with E-state index >= 15 is 0 Å². The molecule has 2 saturated heterocycles. The van der Waals surface area contributed by atoms with Crippen LogP contribution in [0.3, 0.4) is 0 Å². The van der Waals surface area contributed by atoms with E-state index in [1.807, 2.05) is 4.90 Å². The molecule has 1 atom stereocenters. The molecule has 1 aromatic carbocycles. The molecule has 11 heteroatoms. The third kappa shape index (κ3) is 5.31. The molecule has 0 amide bonds. The number of aliphatic hydroxyl groups excluding tert-OH is 1. The van der Waals surface area contributed by atoms with Crippen LogP contribution in [0.25, 0.3) is 22.4 Å². The third-order valence-corrected chi connectivity index (χ3v) is 7.57. The lowest BCUT2D eigenvalue weighted by atomic mass is 9.95. The Hall–Kier alpha value is -3.28. The highest BCUT2D eigenvalue weighted by Gasteiger charge is 2.32. The van der Waals surface area contributed by atoms with Crippen LogP contribution in [-0.4, -0.2) is 62.1 Å². The van der Waals surface area contributed by atoms with Crippen molar-refractivity contribution in [2.24, 2.45) is 0 Å². The van der Waals surface area contributed by atoms with Crippen molar-refractivity contribution < 1.29 is 18.3 Å². The number of benzene rings is 1. The highest BCUT2D eigenvalue weighted by Crippen LogP contribution is 2.37. The van der Waals surface area contributed by atoms with Gasteiger partial charge in [-0.25, -0.2) is 9.78 Å². The van der Waals surface area contributed by atoms with Gasteiger partial charge < -0.3 is 15.0 Å². The number of hydrogen-bond acceptors (Lipinski definition) is 6. The van der Waals surface area contributed by atoms with Crippen molar-refractivity contribution in [1.82, 2.24) is 24.8 Å². The van der Waals surface area contributed by atoms with E-state index in [2.05, 4.69) is 19.9 Å². The summed E-state index contributed by atoms with van der Waals surface area (Å²) >= 11 is 0. The maximum atomic E-state index is 13.4. The van der Waals surface area contributed by atoms with Crippen LogP contribution in [0, 0.1) is 6.92 Å². The number of aliphatic hydroxyl groups is 1. The van der Waals surface area contributed by atoms with Gasteiger partial charge in [-0.2, -0.15) is 13.2 Å². The SMILES string of the molecule is Cc1cc(-c2cccc(C(F)(F)F)c2)c(-c2c[nH]c(=O)[nH]c2=O)nc1C(O)N1CCC(N2CCCC2)CC1. The molecule has 0 aliphatic carbocycles. The normalized spacial score (nSPS) is 18.7. The van der Waals surface area contributed by atoms with Crippen LogP contribution in [-0.2, 0) is 6.18 Å². The standard InChI is InChI=1S/C27H30F3N5O3/c1-16-13-20(17-5-4-6-18(14-17)27(28,29)30)23(21-15-31-26(38)33-24(21)36)32-22(16)25(37)35-11-7-19(8-12-35)34-9-2-3-10-34/h4-6,13-15,19,25,37H,2-3,7-12H2,1H3,(H2,31,33,36,38). The van der Waals surface area contributed by atoms with Gasteiger partial charge in [-0.3, -0.25) is 14.7 Å². The lowest BCUT2D eigenvalue weighted by Crippen LogP contribution is -2.45. The fraction of sp³-hybridized carbons (Fsp3) is 0.444. The quantitative estimate of drug-likeness (QED) is 0.466. The first-order valence-corrected chi connectivity index (χ1v) is 12.8. The Balaban J connectivity index is 1.53. The van der Waals surface area contributed by atoms with Gasteiger partial charge in [0.2, 0.25) is 0 Å². The second-order valence-electron chi connectivity index (χ2n) is 10.0. The van der Waals surface area contributed by atoms with Crippen molar-refractivity contribution in [2.45, 2.75) is 51.1 Å². The number of nitrogens with zero attached hydrogens (tertiary/aromatic N) is 3. The number of H-pyrrole nitrogens is 2. The number of nitrogens with one attached hydrogen (secondary N) is 2. The highest BCUT2D eigenvalue weighted by atomic mass is 19.4. The first-order chi connectivity index (χ1) is 18.1. The molecule has 2 aromatic heterocycles. The average molecular weight is 530 g/mol. The van der Waals surface area contributed by atoms with E-state index in [0.717, 1.165) is 38.1 Å². The molecule has 2 aliphatic heterocycles. The number of pyridine rings is 1. The fourth-order valence-electron chi connectivity index (χ4n) is 5.54. The molecule has 8 nitrogen and oxygen atoms in total. The second kappa shape index (κ2) is 10.5. The van der Waals surface area contributed by atoms with Crippen molar-refractivity contribution in [2.75, 3.05) is 26.2 Å². The number of alkyl halides is 3. The molecule has 202 valence electrons. The van der Waals surface area contributed by atoms with E-state index in [9.17, 15) is 27.9 Å². The van der Waals surface area contributed by atoms with E-state index in [4.69, 9.17) is 0 Å². The summed E-state index contributed by atoms with van der Waals surface area (Å²) in [7, 11) is 0. The molecule has 0 bridgehead atoms. The number of likely N-dealkylation sites (tertiary alicyclic amines) is 2. The highest BCUT2D eigenvalue weighted by molar-refractivity contribution is 5.81. The summed E-state index contributed by atoms with van der Waals surface area (Å²) < 4.78 is 40.3. The number of aryl methyl sites for hydroxylation is 1. The van der Waals surface area contributed by atoms with E-state index in [-0.39, 0.29) is 22.4 Å². The number of rotatable bonds is 5. The van der Waals surface area contributed by atoms with Gasteiger partial charge >= 0.3 is 11.9 Å². The van der Waals surface area contributed by atoms with E-state index in [0.29, 0.717) is 30.4 Å². The summed E-state index contributed by atoms with van der Waals surface area (Å²) in [6, 6.07) is 6.90. The van der Waals surface area contributed by atoms with Crippen molar-refractivity contribution >= 4 is 0 Å². The minimum atomic E-state index is -4.55. The van der Waals surface area contributed by atoms with Crippen molar-refractivity contribution in [3.8, 4) is 22.4 Å². The van der Waals surface area contributed by atoms with Crippen LogP contribution in [0.5, 0.6) is 0 Å². The number of aromatic nitrogens is 3. The molecule has 0 saturated carbocycles. The second-order valence-corrected chi connectivity index (χ2v) is 10.0. The van der Waals surface area contributed by atoms with E-state index in [1.165, 1.54) is 31.2 Å². The molecule has 4 heterocycles. The van der Waals surface area contributed by atoms with Gasteiger partial charge in [-0.1, -0.05) is 12.1 Å². The minimum Gasteiger partial charge on any atom is -0.372 e. The van der Waals surface area contributed by atoms with Crippen LogP contribution in [0.15, 0.2) is 46.1 Å². The van der Waals surface area contributed by atoms with Crippen LogP contribution in [0.2, 0.25) is 0 Å². The summed E-state index contributed by atoms with van der Waals surface area (Å²) in [5.41, 5.74) is -0.820. The number of piperidine rings is 1. The summed E-state index contributed by atoms with van der Waals surface area (Å²) in [4.78, 5) is 38.0. The van der Waals surface area contributed by atoms with E-state index < -0.39 is 29.2 Å². The van der Waals surface area contributed by atoms with Gasteiger partial charge in [0.1, 0.15) is 0 Å². The van der Waals surface area contributed by atoms with E-state index in [1.54, 1.807) is 13.0 Å². The zero-order valence-electron chi connectivity index (χ0n) is 21.0. The van der Waals surface area contributed by atoms with Crippen molar-refractivity contribution in [3.05, 3.63) is 74.2 Å². The van der Waals surface area contributed by atoms with Gasteiger partial charge in [-0.05, 0) is 75.0 Å². The first-order valence-electron chi connectivity index (χ1n) is 12.8. The Morgan fingerprint density at radius 1 is 1.05 bits per heavy atom. The maximum Gasteiger partial charge on any atom is 0.416 e. The van der Waals surface area contributed by atoms with Crippen LogP contribution < -0.4 is 11.2 Å². The third-order valence-electron chi connectivity index (χ3n) is 7.57. The smallest absolute Gasteiger partial charge is 0.372 e. The molecule has 0 spiro atoms. The minimum absolute atomic E-state index is 0.0156. The molecule has 0 radical (unpaired) electrons. The Labute approximate surface area is 217 Å². The van der Waals surface area contributed by atoms with Gasteiger partial charge in [0, 0.05) is 30.9 Å². The summed E-state index contributed by atoms with van der Waals surface area (Å²) in [6.07, 6.45) is -0.131. The maximum absolute atomic E-state index is 13.4. The Kier molecular flexibility index (Phi) is 7.26. The van der Waals surface area contributed by atoms with Crippen molar-refractivity contribution in [1.29, 1.82) is 0 Å². The van der Waals surface area contributed by atoms with Crippen LogP contribution in [0.1, 0.15) is 48.7 Å². The molecule has 2 fully saturated rings. The molecule has 5 rings (SSSR count). The number of aromatic amines is 2. The summed E-state index contributed by atoms with van der Waals surface area (Å²) in [6.45, 7) is 5.31. The molecule has 38 heavy (non-hydrogen) atoms. The number of halogens is 3. The fourth-order valence-corrected chi connectivity index (χ4v) is 5.54. The Morgan fingerprint density at radius 3 is 2.42 bits per heavy atom. The van der Waals surface area contributed by atoms with Crippen LogP contribution in [0.4, 0.5) is 13.2 Å². The average Bonchev–Trinajstić information content (AvgIpc) is 3.43. The lowest BCUT2D eigenvalue weighted by molar-refractivity contribution is -0.137. The van der Waals surface area contributed by atoms with Gasteiger partial charge in [0.25, 0.3) is 5.56 Å². The van der Waals surface area contributed by atoms with Gasteiger partial charge in [0.15, 0.2) is 6.23 Å². The monoisotopic (exact) mass is 529 g/mol. The zero-order valence-corrected chi connectivity index (χ0v) is 21.0. The Morgan fingerprint density at radius 2 is 1.76 bits per heavy atom. The number of hydrogen-bond donors (Lipinski definition) is 3. The predicted octanol–water partition coefficient (Wildman–Crippen LogP) is 3.67. The Bertz CT molecular complexity index is 1420. The largest absolute Gasteiger partial charge is 0.416 e. The molecule has 2 aliphatic rings. The van der Waals surface area contributed by atoms with Gasteiger partial charge in [0.05, 0.1) is 22.5 Å². The summed E-state index contributed by atoms with van der Waals surface area (Å²) in [5, 5.41) is 11.3. The van der Waals surface area contributed by atoms with Crippen LogP contribution >= 0.6 is 0 Å². The molecular weight excluding hydrogens is 499 g/mol. The molecule has 1 unspecified atom stereocenters. The predicted molar refractivity (Wildman–Crippen MR) is 136 cm³/mol. The molecular formula is C27H30F3N5O3. The first kappa shape index (κ1) is 26.3. The van der Waals surface area contributed by atoms with Gasteiger partial charge in [-0.15, -0.1) is 0 Å². The topological polar surface area (TPSA) is 105 Å².